The quantitative estimate of drug-likeness (QED) is 0.705. The third kappa shape index (κ3) is 4.44. The summed E-state index contributed by atoms with van der Waals surface area (Å²) in [6.45, 7) is 4.66. The van der Waals surface area contributed by atoms with Crippen molar-refractivity contribution in [1.29, 1.82) is 0 Å². The van der Waals surface area contributed by atoms with Crippen LogP contribution in [-0.2, 0) is 21.2 Å². The Hall–Kier alpha value is -2.59. The number of carbonyl (C=O) groups is 1. The maximum atomic E-state index is 12.9. The van der Waals surface area contributed by atoms with Crippen molar-refractivity contribution in [1.82, 2.24) is 19.4 Å². The van der Waals surface area contributed by atoms with Gasteiger partial charge in [0.1, 0.15) is 4.90 Å². The lowest BCUT2D eigenvalue weighted by atomic mass is 10.1. The highest BCUT2D eigenvalue weighted by Crippen LogP contribution is 2.28. The van der Waals surface area contributed by atoms with Crippen LogP contribution in [0.5, 0.6) is 11.5 Å². The van der Waals surface area contributed by atoms with Gasteiger partial charge in [0.05, 0.1) is 25.6 Å². The van der Waals surface area contributed by atoms with Gasteiger partial charge in [-0.05, 0) is 38.0 Å². The number of nitrogens with zero attached hydrogens (tertiary/aromatic N) is 3. The molecule has 1 N–H and O–H groups in total. The molecule has 2 heterocycles. The van der Waals surface area contributed by atoms with Crippen molar-refractivity contribution in [2.24, 2.45) is 0 Å². The molecule has 0 bridgehead atoms. The summed E-state index contributed by atoms with van der Waals surface area (Å²) in [5.41, 5.74) is 1.97. The van der Waals surface area contributed by atoms with Gasteiger partial charge in [-0.3, -0.25) is 9.89 Å². The van der Waals surface area contributed by atoms with Gasteiger partial charge in [-0.2, -0.15) is 9.40 Å². The Morgan fingerprint density at radius 2 is 1.77 bits per heavy atom. The molecule has 1 aromatic heterocycles. The normalized spacial score (nSPS) is 15.3. The lowest BCUT2D eigenvalue weighted by molar-refractivity contribution is -0.132. The second kappa shape index (κ2) is 9.05. The van der Waals surface area contributed by atoms with Gasteiger partial charge in [0.2, 0.25) is 15.9 Å². The van der Waals surface area contributed by atoms with Crippen molar-refractivity contribution < 1.29 is 22.7 Å². The Morgan fingerprint density at radius 3 is 2.33 bits per heavy atom. The minimum Gasteiger partial charge on any atom is -0.493 e. The monoisotopic (exact) mass is 436 g/mol. The smallest absolute Gasteiger partial charge is 0.246 e. The van der Waals surface area contributed by atoms with Crippen LogP contribution in [-0.4, -0.2) is 74.1 Å². The first-order chi connectivity index (χ1) is 14.3. The molecule has 0 radical (unpaired) electrons. The van der Waals surface area contributed by atoms with Gasteiger partial charge in [0.25, 0.3) is 0 Å². The fourth-order valence-corrected chi connectivity index (χ4v) is 5.43. The van der Waals surface area contributed by atoms with Gasteiger partial charge in [0.15, 0.2) is 11.5 Å². The molecule has 1 aliphatic rings. The largest absolute Gasteiger partial charge is 0.493 e. The van der Waals surface area contributed by atoms with Crippen LogP contribution in [0.2, 0.25) is 0 Å². The lowest BCUT2D eigenvalue weighted by Crippen LogP contribution is -2.50. The number of hydrogen-bond acceptors (Lipinski definition) is 6. The van der Waals surface area contributed by atoms with E-state index in [0.29, 0.717) is 48.8 Å². The predicted molar refractivity (Wildman–Crippen MR) is 111 cm³/mol. The number of rotatable bonds is 7. The van der Waals surface area contributed by atoms with E-state index in [4.69, 9.17) is 9.47 Å². The number of sulfonamides is 1. The zero-order valence-electron chi connectivity index (χ0n) is 17.8. The number of hydrogen-bond donors (Lipinski definition) is 1. The molecule has 0 spiro atoms. The molecule has 1 amide bonds. The average molecular weight is 437 g/mol. The first-order valence-electron chi connectivity index (χ1n) is 9.78. The van der Waals surface area contributed by atoms with E-state index in [-0.39, 0.29) is 23.9 Å². The van der Waals surface area contributed by atoms with Crippen LogP contribution < -0.4 is 9.47 Å². The van der Waals surface area contributed by atoms with E-state index in [0.717, 1.165) is 5.56 Å². The summed E-state index contributed by atoms with van der Waals surface area (Å²) < 4.78 is 37.8. The first-order valence-corrected chi connectivity index (χ1v) is 11.2. The Morgan fingerprint density at radius 1 is 1.10 bits per heavy atom. The maximum absolute atomic E-state index is 12.9. The van der Waals surface area contributed by atoms with Gasteiger partial charge in [0, 0.05) is 32.6 Å². The van der Waals surface area contributed by atoms with Gasteiger partial charge in [-0.15, -0.1) is 0 Å². The number of aromatic nitrogens is 2. The van der Waals surface area contributed by atoms with Crippen molar-refractivity contribution >= 4 is 15.9 Å². The van der Waals surface area contributed by atoms with E-state index in [9.17, 15) is 13.2 Å². The Balaban J connectivity index is 1.57. The number of carbonyl (C=O) groups excluding carboxylic acids is 1. The Kier molecular flexibility index (Phi) is 6.67. The standard InChI is InChI=1S/C20H28N4O5S/c1-14-20(15(2)22-21-14)30(26,27)24-11-9-23(10-12-24)19(25)8-6-16-5-7-17(28-3)18(13-16)29-4/h5,7,13H,6,8-12H2,1-4H3,(H,21,22). The predicted octanol–water partition coefficient (Wildman–Crippen LogP) is 1.51. The van der Waals surface area contributed by atoms with E-state index in [1.165, 1.54) is 4.31 Å². The minimum absolute atomic E-state index is 0.0116. The molecule has 2 aromatic rings. The minimum atomic E-state index is -3.62. The van der Waals surface area contributed by atoms with Crippen molar-refractivity contribution in [2.45, 2.75) is 31.6 Å². The third-order valence-electron chi connectivity index (χ3n) is 5.33. The zero-order chi connectivity index (χ0) is 21.9. The molecule has 0 aliphatic carbocycles. The molecule has 30 heavy (non-hydrogen) atoms. The molecule has 3 rings (SSSR count). The zero-order valence-corrected chi connectivity index (χ0v) is 18.6. The van der Waals surface area contributed by atoms with Gasteiger partial charge >= 0.3 is 0 Å². The molecule has 1 aliphatic heterocycles. The second-order valence-corrected chi connectivity index (χ2v) is 9.11. The number of amides is 1. The summed E-state index contributed by atoms with van der Waals surface area (Å²) >= 11 is 0. The van der Waals surface area contributed by atoms with Gasteiger partial charge < -0.3 is 14.4 Å². The van der Waals surface area contributed by atoms with Crippen LogP contribution >= 0.6 is 0 Å². The summed E-state index contributed by atoms with van der Waals surface area (Å²) in [7, 11) is -0.467. The maximum Gasteiger partial charge on any atom is 0.246 e. The van der Waals surface area contributed by atoms with Gasteiger partial charge in [-0.1, -0.05) is 6.07 Å². The van der Waals surface area contributed by atoms with Crippen molar-refractivity contribution in [3.63, 3.8) is 0 Å². The fraction of sp³-hybridized carbons (Fsp3) is 0.500. The fourth-order valence-electron chi connectivity index (χ4n) is 3.67. The highest BCUT2D eigenvalue weighted by atomic mass is 32.2. The summed E-state index contributed by atoms with van der Waals surface area (Å²) in [5, 5.41) is 6.70. The van der Waals surface area contributed by atoms with Crippen molar-refractivity contribution in [2.75, 3.05) is 40.4 Å². The molecule has 0 saturated carbocycles. The highest BCUT2D eigenvalue weighted by molar-refractivity contribution is 7.89. The number of piperazine rings is 1. The number of aryl methyl sites for hydroxylation is 3. The molecule has 1 aromatic carbocycles. The lowest BCUT2D eigenvalue weighted by Gasteiger charge is -2.34. The van der Waals surface area contributed by atoms with Crippen LogP contribution in [0.1, 0.15) is 23.4 Å². The molecular weight excluding hydrogens is 408 g/mol. The summed E-state index contributed by atoms with van der Waals surface area (Å²) in [4.78, 5) is 14.6. The van der Waals surface area contributed by atoms with Crippen LogP contribution in [0.3, 0.4) is 0 Å². The molecule has 0 atom stereocenters. The summed E-state index contributed by atoms with van der Waals surface area (Å²) in [6, 6.07) is 5.60. The van der Waals surface area contributed by atoms with E-state index in [2.05, 4.69) is 10.2 Å². The number of ether oxygens (including phenoxy) is 2. The van der Waals surface area contributed by atoms with E-state index >= 15 is 0 Å². The molecule has 1 saturated heterocycles. The third-order valence-corrected chi connectivity index (χ3v) is 7.49. The number of methoxy groups -OCH3 is 2. The number of H-pyrrole nitrogens is 1. The van der Waals surface area contributed by atoms with Crippen LogP contribution in [0.4, 0.5) is 0 Å². The Labute approximate surface area is 177 Å². The van der Waals surface area contributed by atoms with Crippen LogP contribution in [0.15, 0.2) is 23.1 Å². The van der Waals surface area contributed by atoms with Crippen LogP contribution in [0.25, 0.3) is 0 Å². The molecule has 10 heteroatoms. The number of aromatic amines is 1. The molecule has 1 fully saturated rings. The SMILES string of the molecule is COc1ccc(CCC(=O)N2CCN(S(=O)(=O)c3c(C)n[nH]c3C)CC2)cc1OC. The first kappa shape index (κ1) is 22.1. The van der Waals surface area contributed by atoms with Crippen molar-refractivity contribution in [3.05, 3.63) is 35.2 Å². The van der Waals surface area contributed by atoms with Gasteiger partial charge in [-0.25, -0.2) is 8.42 Å². The molecule has 9 nitrogen and oxygen atoms in total. The summed E-state index contributed by atoms with van der Waals surface area (Å²) in [6.07, 6.45) is 0.924. The number of nitrogens with one attached hydrogen (secondary N) is 1. The molecule has 164 valence electrons. The Bertz CT molecular complexity index is 991. The summed E-state index contributed by atoms with van der Waals surface area (Å²) in [5.74, 6) is 1.29. The molecular formula is C20H28N4O5S. The van der Waals surface area contributed by atoms with E-state index in [1.54, 1.807) is 33.0 Å². The van der Waals surface area contributed by atoms with Crippen molar-refractivity contribution in [3.8, 4) is 11.5 Å². The topological polar surface area (TPSA) is 105 Å². The molecule has 0 unspecified atom stereocenters. The highest BCUT2D eigenvalue weighted by Gasteiger charge is 2.33. The second-order valence-electron chi connectivity index (χ2n) is 7.24. The van der Waals surface area contributed by atoms with E-state index in [1.807, 2.05) is 18.2 Å². The average Bonchev–Trinajstić information content (AvgIpc) is 3.10. The number of benzene rings is 1. The van der Waals surface area contributed by atoms with E-state index < -0.39 is 10.0 Å². The van der Waals surface area contributed by atoms with Crippen LogP contribution in [0, 0.1) is 13.8 Å².